The van der Waals surface area contributed by atoms with Crippen LogP contribution in [0, 0.1) is 34.5 Å². The summed E-state index contributed by atoms with van der Waals surface area (Å²) in [5.74, 6) is 1.38. The predicted molar refractivity (Wildman–Crippen MR) is 86.6 cm³/mol. The number of hydrogen-bond acceptors (Lipinski definition) is 3. The Morgan fingerprint density at radius 2 is 1.91 bits per heavy atom. The molecule has 0 radical (unpaired) electrons. The summed E-state index contributed by atoms with van der Waals surface area (Å²) in [5.41, 5.74) is 0.327. The fourth-order valence-corrected chi connectivity index (χ4v) is 6.13. The zero-order chi connectivity index (χ0) is 16.6. The fourth-order valence-electron chi connectivity index (χ4n) is 6.13. The second kappa shape index (κ2) is 4.52. The molecule has 0 aromatic rings. The highest BCUT2D eigenvalue weighted by Gasteiger charge is 2.63. The number of carbonyl (C=O) groups excluding carboxylic acids is 3. The Kier molecular flexibility index (Phi) is 2.96. The molecule has 0 N–H and O–H groups in total. The van der Waals surface area contributed by atoms with Crippen molar-refractivity contribution >= 4 is 17.3 Å². The number of fused-ring (bicyclic) bond motifs is 5. The average molecular weight is 312 g/mol. The maximum atomic E-state index is 13.1. The first-order chi connectivity index (χ1) is 10.8. The Bertz CT molecular complexity index is 685. The fraction of sp³-hybridized carbons (Fsp3) is 0.650. The van der Waals surface area contributed by atoms with Gasteiger partial charge in [0.15, 0.2) is 5.78 Å². The molecule has 4 aliphatic rings. The Hall–Kier alpha value is -1.51. The van der Waals surface area contributed by atoms with Gasteiger partial charge in [-0.05, 0) is 42.7 Å². The lowest BCUT2D eigenvalue weighted by molar-refractivity contribution is -0.150. The lowest BCUT2D eigenvalue weighted by Crippen LogP contribution is -2.56. The number of ketones is 3. The Morgan fingerprint density at radius 1 is 1.17 bits per heavy atom. The summed E-state index contributed by atoms with van der Waals surface area (Å²) in [5, 5.41) is 0. The van der Waals surface area contributed by atoms with Gasteiger partial charge in [-0.25, -0.2) is 0 Å². The van der Waals surface area contributed by atoms with Crippen LogP contribution in [-0.2, 0) is 14.4 Å². The topological polar surface area (TPSA) is 51.2 Å². The van der Waals surface area contributed by atoms with Crippen LogP contribution in [0.25, 0.3) is 0 Å². The van der Waals surface area contributed by atoms with E-state index in [1.54, 1.807) is 12.2 Å². The minimum Gasteiger partial charge on any atom is -0.299 e. The van der Waals surface area contributed by atoms with E-state index in [0.717, 1.165) is 18.4 Å². The number of Topliss-reactive ketones (excluding diaryl/α,β-unsaturated/α-hetero) is 2. The van der Waals surface area contributed by atoms with Gasteiger partial charge in [0.05, 0.1) is 0 Å². The minimum absolute atomic E-state index is 0.0345. The van der Waals surface area contributed by atoms with Gasteiger partial charge in [0, 0.05) is 29.6 Å². The third-order valence-corrected chi connectivity index (χ3v) is 7.32. The highest BCUT2D eigenvalue weighted by molar-refractivity contribution is 6.02. The molecule has 6 unspecified atom stereocenters. The molecule has 0 saturated heterocycles. The number of allylic oxidation sites excluding steroid dienone is 4. The van der Waals surface area contributed by atoms with Gasteiger partial charge >= 0.3 is 0 Å². The van der Waals surface area contributed by atoms with Gasteiger partial charge in [0.1, 0.15) is 11.6 Å². The van der Waals surface area contributed by atoms with Crippen molar-refractivity contribution in [3.63, 3.8) is 0 Å². The smallest absolute Gasteiger partial charge is 0.178 e. The first kappa shape index (κ1) is 15.0. The van der Waals surface area contributed by atoms with Gasteiger partial charge in [0.25, 0.3) is 0 Å². The SMILES string of the molecule is CC1CC2=CC(=O)C=CC2(C)C2C(=O)CC3(C)C(=O)CCC3C12. The summed E-state index contributed by atoms with van der Waals surface area (Å²) in [6, 6.07) is 0. The maximum Gasteiger partial charge on any atom is 0.178 e. The first-order valence-corrected chi connectivity index (χ1v) is 8.77. The van der Waals surface area contributed by atoms with Gasteiger partial charge in [0.2, 0.25) is 0 Å². The van der Waals surface area contributed by atoms with Crippen molar-refractivity contribution in [1.29, 1.82) is 0 Å². The van der Waals surface area contributed by atoms with Gasteiger partial charge in [-0.2, -0.15) is 0 Å². The molecule has 0 aromatic carbocycles. The lowest BCUT2D eigenvalue weighted by Gasteiger charge is -2.56. The molecule has 3 heteroatoms. The zero-order valence-corrected chi connectivity index (χ0v) is 14.1. The van der Waals surface area contributed by atoms with Crippen molar-refractivity contribution in [1.82, 2.24) is 0 Å². The second-order valence-electron chi connectivity index (χ2n) is 8.55. The Morgan fingerprint density at radius 3 is 2.65 bits per heavy atom. The monoisotopic (exact) mass is 312 g/mol. The Balaban J connectivity index is 1.83. The summed E-state index contributed by atoms with van der Waals surface area (Å²) in [6.07, 6.45) is 8.12. The number of rotatable bonds is 0. The third-order valence-electron chi connectivity index (χ3n) is 7.32. The van der Waals surface area contributed by atoms with E-state index in [1.165, 1.54) is 0 Å². The van der Waals surface area contributed by atoms with E-state index >= 15 is 0 Å². The largest absolute Gasteiger partial charge is 0.299 e. The molecular formula is C20H24O3. The van der Waals surface area contributed by atoms with E-state index in [1.807, 2.05) is 13.0 Å². The molecule has 0 aliphatic heterocycles. The lowest BCUT2D eigenvalue weighted by atomic mass is 9.46. The first-order valence-electron chi connectivity index (χ1n) is 8.77. The molecule has 4 rings (SSSR count). The van der Waals surface area contributed by atoms with E-state index in [2.05, 4.69) is 13.8 Å². The van der Waals surface area contributed by atoms with Gasteiger partial charge < -0.3 is 0 Å². The van der Waals surface area contributed by atoms with Gasteiger partial charge in [-0.1, -0.05) is 32.4 Å². The van der Waals surface area contributed by atoms with Crippen molar-refractivity contribution in [2.45, 2.75) is 46.5 Å². The summed E-state index contributed by atoms with van der Waals surface area (Å²) in [6.45, 7) is 6.33. The van der Waals surface area contributed by atoms with Crippen molar-refractivity contribution in [2.75, 3.05) is 0 Å². The quantitative estimate of drug-likeness (QED) is 0.689. The van der Waals surface area contributed by atoms with Crippen molar-refractivity contribution in [3.05, 3.63) is 23.8 Å². The second-order valence-corrected chi connectivity index (χ2v) is 8.55. The molecule has 0 aromatic heterocycles. The molecule has 3 saturated carbocycles. The molecule has 6 atom stereocenters. The van der Waals surface area contributed by atoms with Crippen molar-refractivity contribution in [3.8, 4) is 0 Å². The van der Waals surface area contributed by atoms with Crippen LogP contribution in [0.15, 0.2) is 23.8 Å². The van der Waals surface area contributed by atoms with Crippen LogP contribution in [0.2, 0.25) is 0 Å². The third kappa shape index (κ3) is 1.79. The van der Waals surface area contributed by atoms with Crippen LogP contribution in [0.1, 0.15) is 46.5 Å². The van der Waals surface area contributed by atoms with E-state index in [-0.39, 0.29) is 34.6 Å². The van der Waals surface area contributed by atoms with E-state index in [0.29, 0.717) is 24.7 Å². The number of hydrogen-bond donors (Lipinski definition) is 0. The van der Waals surface area contributed by atoms with E-state index in [4.69, 9.17) is 0 Å². The van der Waals surface area contributed by atoms with E-state index in [9.17, 15) is 14.4 Å². The molecule has 3 fully saturated rings. The molecule has 3 nitrogen and oxygen atoms in total. The summed E-state index contributed by atoms with van der Waals surface area (Å²) in [7, 11) is 0. The molecule has 4 aliphatic carbocycles. The van der Waals surface area contributed by atoms with Gasteiger partial charge in [-0.15, -0.1) is 0 Å². The summed E-state index contributed by atoms with van der Waals surface area (Å²) < 4.78 is 0. The Labute approximate surface area is 137 Å². The minimum atomic E-state index is -0.446. The van der Waals surface area contributed by atoms with Crippen molar-refractivity contribution in [2.24, 2.45) is 34.5 Å². The summed E-state index contributed by atoms with van der Waals surface area (Å²) in [4.78, 5) is 37.3. The molecule has 122 valence electrons. The standard InChI is InChI=1S/C20H24O3/c1-11-8-12-9-13(21)6-7-19(12,2)18-15(22)10-20(3)14(17(11)18)4-5-16(20)23/h6-7,9,11,14,17-18H,4-5,8,10H2,1-3H3. The zero-order valence-electron chi connectivity index (χ0n) is 14.1. The highest BCUT2D eigenvalue weighted by atomic mass is 16.1. The van der Waals surface area contributed by atoms with Gasteiger partial charge in [-0.3, -0.25) is 14.4 Å². The predicted octanol–water partition coefficient (Wildman–Crippen LogP) is 3.29. The van der Waals surface area contributed by atoms with Crippen molar-refractivity contribution < 1.29 is 14.4 Å². The molecule has 0 amide bonds. The van der Waals surface area contributed by atoms with Crippen LogP contribution in [0.3, 0.4) is 0 Å². The molecule has 0 spiro atoms. The molecule has 0 heterocycles. The molecule has 0 bridgehead atoms. The van der Waals surface area contributed by atoms with E-state index < -0.39 is 5.41 Å². The van der Waals surface area contributed by atoms with Crippen LogP contribution in [0.4, 0.5) is 0 Å². The average Bonchev–Trinajstić information content (AvgIpc) is 2.76. The highest BCUT2D eigenvalue weighted by Crippen LogP contribution is 2.63. The molecular weight excluding hydrogens is 288 g/mol. The normalized spacial score (nSPS) is 48.7. The van der Waals surface area contributed by atoms with Crippen LogP contribution in [0.5, 0.6) is 0 Å². The van der Waals surface area contributed by atoms with Crippen LogP contribution in [-0.4, -0.2) is 17.3 Å². The molecule has 23 heavy (non-hydrogen) atoms. The summed E-state index contributed by atoms with van der Waals surface area (Å²) >= 11 is 0. The number of carbonyl (C=O) groups is 3. The van der Waals surface area contributed by atoms with Crippen LogP contribution < -0.4 is 0 Å². The van der Waals surface area contributed by atoms with Crippen LogP contribution >= 0.6 is 0 Å². The maximum absolute atomic E-state index is 13.1.